The van der Waals surface area contributed by atoms with Gasteiger partial charge in [0.2, 0.25) is 9.28 Å². The molecule has 1 fully saturated rings. The molecule has 1 aliphatic rings. The predicted molar refractivity (Wildman–Crippen MR) is 160 cm³/mol. The molecule has 1 unspecified atom stereocenters. The summed E-state index contributed by atoms with van der Waals surface area (Å²) in [6.45, 7) is 0. The third-order valence-corrected chi connectivity index (χ3v) is 15.0. The van der Waals surface area contributed by atoms with E-state index in [1.54, 1.807) is 0 Å². The van der Waals surface area contributed by atoms with E-state index < -0.39 is 8.56 Å². The molecule has 2 nitrogen and oxygen atoms in total. The topological polar surface area (TPSA) is 29.5 Å². The minimum atomic E-state index is -1.32. The maximum atomic E-state index is 10.6. The maximum Gasteiger partial charge on any atom is 0.206 e. The van der Waals surface area contributed by atoms with E-state index in [1.165, 1.54) is 70.2 Å². The Morgan fingerprint density at radius 3 is 1.86 bits per heavy atom. The molecule has 0 spiro atoms. The van der Waals surface area contributed by atoms with Gasteiger partial charge in [-0.2, -0.15) is 0 Å². The zero-order valence-corrected chi connectivity index (χ0v) is 23.0. The van der Waals surface area contributed by atoms with E-state index in [0.29, 0.717) is 17.8 Å². The number of hydrogen-bond acceptors (Lipinski definition) is 2. The summed E-state index contributed by atoms with van der Waals surface area (Å²) >= 11 is 0. The van der Waals surface area contributed by atoms with Crippen molar-refractivity contribution in [1.29, 1.82) is 0 Å². The van der Waals surface area contributed by atoms with E-state index in [4.69, 9.17) is 4.43 Å². The largest absolute Gasteiger partial charge is 0.435 e. The van der Waals surface area contributed by atoms with Crippen molar-refractivity contribution in [3.63, 3.8) is 0 Å². The summed E-state index contributed by atoms with van der Waals surface area (Å²) in [7, 11) is -0.329. The van der Waals surface area contributed by atoms with Crippen LogP contribution in [0.15, 0.2) is 103 Å². The highest BCUT2D eigenvalue weighted by molar-refractivity contribution is 7.32. The van der Waals surface area contributed by atoms with E-state index >= 15 is 0 Å². The lowest BCUT2D eigenvalue weighted by atomic mass is 9.90. The first-order valence-electron chi connectivity index (χ1n) is 12.6. The van der Waals surface area contributed by atoms with E-state index in [0.717, 1.165) is 6.04 Å². The van der Waals surface area contributed by atoms with E-state index in [2.05, 4.69) is 103 Å². The minimum Gasteiger partial charge on any atom is -0.435 e. The number of hydrogen-bond donors (Lipinski definition) is 1. The van der Waals surface area contributed by atoms with Gasteiger partial charge in [0.15, 0.2) is 8.56 Å². The minimum absolute atomic E-state index is 0.0396. The van der Waals surface area contributed by atoms with Crippen LogP contribution in [-0.4, -0.2) is 31.2 Å². The lowest BCUT2D eigenvalue weighted by Gasteiger charge is -2.27. The second-order valence-corrected chi connectivity index (χ2v) is 17.3. The lowest BCUT2D eigenvalue weighted by Crippen LogP contribution is -2.37. The summed E-state index contributed by atoms with van der Waals surface area (Å²) < 4.78 is 6.32. The molecule has 1 saturated heterocycles. The summed E-state index contributed by atoms with van der Waals surface area (Å²) in [5, 5.41) is 15.1. The first-order valence-corrected chi connectivity index (χ1v) is 18.1. The number of rotatable bonds is 1. The molecule has 173 valence electrons. The Kier molecular flexibility index (Phi) is 4.90. The van der Waals surface area contributed by atoms with Crippen molar-refractivity contribution in [2.24, 2.45) is 0 Å². The molecule has 1 heterocycles. The molecule has 5 radical (unpaired) electrons. The molecule has 0 amide bonds. The highest BCUT2D eigenvalue weighted by Gasteiger charge is 2.28. The second kappa shape index (κ2) is 8.34. The Labute approximate surface area is 220 Å². The Balaban J connectivity index is 1.44. The molecule has 7 aromatic carbocycles. The average Bonchev–Trinajstić information content (AvgIpc) is 2.92. The molecule has 0 saturated carbocycles. The number of fused-ring (bicyclic) bond motifs is 7. The van der Waals surface area contributed by atoms with Gasteiger partial charge >= 0.3 is 0 Å². The number of benzene rings is 7. The molecule has 1 N–H and O–H groups in total. The van der Waals surface area contributed by atoms with Gasteiger partial charge in [-0.3, -0.25) is 0 Å². The highest BCUT2D eigenvalue weighted by Crippen LogP contribution is 2.40. The quantitative estimate of drug-likeness (QED) is 0.139. The first kappa shape index (κ1) is 21.7. The molecule has 0 bridgehead atoms. The summed E-state index contributed by atoms with van der Waals surface area (Å²) in [4.78, 5) is 10.6. The smallest absolute Gasteiger partial charge is 0.206 e. The van der Waals surface area contributed by atoms with Crippen LogP contribution in [0.3, 0.4) is 0 Å². The standard InChI is InChI=1S/C32H21O2Si3/c33-37-18-31(34-35-36-37)32-27-8-4-3-7-21(27)14-26-17-29-23(15-30(26)32)10-9-22-13-24-11-19-5-1-2-6-20(19)12-25(24)16-28(22)29/h1-17,31,33H,18H2. The highest BCUT2D eigenvalue weighted by atomic mass is 29.6. The third-order valence-electron chi connectivity index (χ3n) is 7.78. The molecular formula is C32H21O2Si3. The van der Waals surface area contributed by atoms with E-state index in [-0.39, 0.29) is 6.10 Å². The van der Waals surface area contributed by atoms with Crippen LogP contribution in [0.1, 0.15) is 11.7 Å². The third kappa shape index (κ3) is 3.50. The van der Waals surface area contributed by atoms with Crippen molar-refractivity contribution in [3.05, 3.63) is 109 Å². The summed E-state index contributed by atoms with van der Waals surface area (Å²) in [5.41, 5.74) is 1.24. The van der Waals surface area contributed by atoms with Gasteiger partial charge in [0, 0.05) is 0 Å². The zero-order valence-electron chi connectivity index (χ0n) is 20.0. The van der Waals surface area contributed by atoms with Crippen molar-refractivity contribution >= 4 is 91.0 Å². The van der Waals surface area contributed by atoms with Gasteiger partial charge in [-0.05, 0) is 119 Å². The van der Waals surface area contributed by atoms with Crippen molar-refractivity contribution in [2.75, 3.05) is 0 Å². The Morgan fingerprint density at radius 1 is 0.568 bits per heavy atom. The van der Waals surface area contributed by atoms with Crippen LogP contribution in [0.2, 0.25) is 6.04 Å². The van der Waals surface area contributed by atoms with Crippen LogP contribution in [-0.2, 0) is 4.43 Å². The normalized spacial score (nSPS) is 17.1. The Morgan fingerprint density at radius 2 is 1.11 bits per heavy atom. The van der Waals surface area contributed by atoms with Crippen LogP contribution < -0.4 is 0 Å². The van der Waals surface area contributed by atoms with Crippen molar-refractivity contribution < 1.29 is 9.22 Å². The van der Waals surface area contributed by atoms with Crippen LogP contribution in [0.5, 0.6) is 0 Å². The van der Waals surface area contributed by atoms with Crippen LogP contribution in [0.4, 0.5) is 0 Å². The molecule has 1 aliphatic heterocycles. The van der Waals surface area contributed by atoms with Gasteiger partial charge in [0.1, 0.15) is 0 Å². The summed E-state index contributed by atoms with van der Waals surface area (Å²) in [6.07, 6.45) is -0.0396. The Bertz CT molecular complexity index is 2040. The molecule has 5 heteroatoms. The Hall–Kier alpha value is -3.33. The SMILES string of the molecule is O[Si]1CC(c2c3ccccc3cc3cc4c(ccc5cc6cc7ccccc7cc6cc54)cc23)O[Si][Si]1. The van der Waals surface area contributed by atoms with Gasteiger partial charge in [-0.15, -0.1) is 0 Å². The fraction of sp³-hybridized carbons (Fsp3) is 0.0625. The summed E-state index contributed by atoms with van der Waals surface area (Å²) in [5.74, 6) is 0. The first-order chi connectivity index (χ1) is 18.2. The molecule has 0 aromatic heterocycles. The molecule has 7 aromatic rings. The van der Waals surface area contributed by atoms with Gasteiger partial charge in [-0.25, -0.2) is 0 Å². The molecule has 8 rings (SSSR count). The fourth-order valence-corrected chi connectivity index (χ4v) is 11.8. The average molecular weight is 522 g/mol. The van der Waals surface area contributed by atoms with E-state index in [9.17, 15) is 4.80 Å². The summed E-state index contributed by atoms with van der Waals surface area (Å²) in [6, 6.07) is 38.8. The fourth-order valence-electron chi connectivity index (χ4n) is 6.03. The predicted octanol–water partition coefficient (Wildman–Crippen LogP) is 7.40. The van der Waals surface area contributed by atoms with Crippen molar-refractivity contribution in [1.82, 2.24) is 0 Å². The molecule has 0 aliphatic carbocycles. The lowest BCUT2D eigenvalue weighted by molar-refractivity contribution is 0.242. The zero-order chi connectivity index (χ0) is 24.5. The van der Waals surface area contributed by atoms with Gasteiger partial charge in [-0.1, -0.05) is 60.7 Å². The van der Waals surface area contributed by atoms with Crippen molar-refractivity contribution in [2.45, 2.75) is 12.1 Å². The van der Waals surface area contributed by atoms with Gasteiger partial charge < -0.3 is 9.22 Å². The van der Waals surface area contributed by atoms with Crippen molar-refractivity contribution in [3.8, 4) is 0 Å². The molecule has 1 atom stereocenters. The molecule has 37 heavy (non-hydrogen) atoms. The van der Waals surface area contributed by atoms with Crippen LogP contribution >= 0.6 is 0 Å². The monoisotopic (exact) mass is 521 g/mol. The molecular weight excluding hydrogens is 501 g/mol. The second-order valence-electron chi connectivity index (χ2n) is 9.98. The van der Waals surface area contributed by atoms with Crippen LogP contribution in [0.25, 0.3) is 64.6 Å². The van der Waals surface area contributed by atoms with E-state index in [1.807, 2.05) is 0 Å². The van der Waals surface area contributed by atoms with Gasteiger partial charge in [0.05, 0.1) is 14.7 Å². The maximum absolute atomic E-state index is 10.6. The van der Waals surface area contributed by atoms with Gasteiger partial charge in [0.25, 0.3) is 0 Å². The van der Waals surface area contributed by atoms with Crippen LogP contribution in [0, 0.1) is 0 Å².